The summed E-state index contributed by atoms with van der Waals surface area (Å²) in [4.78, 5) is 14.1. The molecule has 0 N–H and O–H groups in total. The van der Waals surface area contributed by atoms with E-state index in [-0.39, 0.29) is 11.9 Å². The SMILES string of the molecule is COC(=O)C1CCN(Cn2nc(-c3ccccc3Br)oc2=S)CC1. The van der Waals surface area contributed by atoms with Gasteiger partial charge in [-0.05, 0) is 53.1 Å². The van der Waals surface area contributed by atoms with Crippen LogP contribution in [0.3, 0.4) is 0 Å². The molecule has 24 heavy (non-hydrogen) atoms. The highest BCUT2D eigenvalue weighted by atomic mass is 79.9. The lowest BCUT2D eigenvalue weighted by molar-refractivity contribution is -0.147. The number of piperidine rings is 1. The van der Waals surface area contributed by atoms with Crippen LogP contribution in [0.2, 0.25) is 0 Å². The molecule has 1 aromatic carbocycles. The molecule has 6 nitrogen and oxygen atoms in total. The number of methoxy groups -OCH3 is 1. The summed E-state index contributed by atoms with van der Waals surface area (Å²) in [5, 5.41) is 4.49. The minimum Gasteiger partial charge on any atom is -0.469 e. The average molecular weight is 412 g/mol. The van der Waals surface area contributed by atoms with E-state index in [1.807, 2.05) is 24.3 Å². The van der Waals surface area contributed by atoms with Crippen LogP contribution in [-0.4, -0.2) is 40.8 Å². The summed E-state index contributed by atoms with van der Waals surface area (Å²) in [5.74, 6) is 0.369. The van der Waals surface area contributed by atoms with Gasteiger partial charge < -0.3 is 9.15 Å². The lowest BCUT2D eigenvalue weighted by Crippen LogP contribution is -2.38. The zero-order valence-corrected chi connectivity index (χ0v) is 15.7. The molecular formula is C16H18BrN3O3S. The maximum absolute atomic E-state index is 11.6. The van der Waals surface area contributed by atoms with Gasteiger partial charge in [-0.2, -0.15) is 0 Å². The Bertz CT molecular complexity index is 781. The number of esters is 1. The van der Waals surface area contributed by atoms with Crippen molar-refractivity contribution >= 4 is 34.1 Å². The van der Waals surface area contributed by atoms with Crippen molar-refractivity contribution in [1.82, 2.24) is 14.7 Å². The van der Waals surface area contributed by atoms with Crippen molar-refractivity contribution in [2.45, 2.75) is 19.5 Å². The molecule has 2 heterocycles. The predicted octanol–water partition coefficient (Wildman–Crippen LogP) is 3.48. The van der Waals surface area contributed by atoms with Gasteiger partial charge in [0.05, 0.1) is 25.3 Å². The minimum atomic E-state index is -0.121. The van der Waals surface area contributed by atoms with Crippen molar-refractivity contribution in [2.75, 3.05) is 20.2 Å². The number of benzene rings is 1. The number of halogens is 1. The summed E-state index contributed by atoms with van der Waals surface area (Å²) in [5.41, 5.74) is 0.867. The highest BCUT2D eigenvalue weighted by Crippen LogP contribution is 2.27. The standard InChI is InChI=1S/C16H18BrN3O3S/c1-22-15(21)11-6-8-19(9-7-11)10-20-16(24)23-14(18-20)12-4-2-3-5-13(12)17/h2-5,11H,6-10H2,1H3. The number of rotatable bonds is 4. The second-order valence-corrected chi connectivity index (χ2v) is 6.91. The van der Waals surface area contributed by atoms with Crippen LogP contribution in [0.25, 0.3) is 11.5 Å². The molecule has 1 saturated heterocycles. The first-order chi connectivity index (χ1) is 11.6. The van der Waals surface area contributed by atoms with Crippen LogP contribution in [0.1, 0.15) is 12.8 Å². The molecule has 0 atom stereocenters. The Hall–Kier alpha value is -1.51. The number of carbonyl (C=O) groups excluding carboxylic acids is 1. The van der Waals surface area contributed by atoms with E-state index >= 15 is 0 Å². The predicted molar refractivity (Wildman–Crippen MR) is 94.8 cm³/mol. The van der Waals surface area contributed by atoms with Gasteiger partial charge >= 0.3 is 5.97 Å². The van der Waals surface area contributed by atoms with Crippen molar-refractivity contribution in [3.05, 3.63) is 33.6 Å². The molecule has 2 aromatic rings. The van der Waals surface area contributed by atoms with E-state index in [0.717, 1.165) is 36.0 Å². The first kappa shape index (κ1) is 17.3. The molecule has 1 aromatic heterocycles. The first-order valence-electron chi connectivity index (χ1n) is 7.71. The zero-order valence-electron chi connectivity index (χ0n) is 13.3. The molecular weight excluding hydrogens is 394 g/mol. The smallest absolute Gasteiger partial charge is 0.308 e. The molecule has 1 aliphatic heterocycles. The van der Waals surface area contributed by atoms with Crippen molar-refractivity contribution in [2.24, 2.45) is 5.92 Å². The lowest BCUT2D eigenvalue weighted by atomic mass is 9.97. The fourth-order valence-electron chi connectivity index (χ4n) is 2.81. The summed E-state index contributed by atoms with van der Waals surface area (Å²) in [6, 6.07) is 7.72. The van der Waals surface area contributed by atoms with Crippen LogP contribution in [0.5, 0.6) is 0 Å². The van der Waals surface area contributed by atoms with Gasteiger partial charge in [-0.15, -0.1) is 5.10 Å². The Labute approximate surface area is 153 Å². The summed E-state index contributed by atoms with van der Waals surface area (Å²) in [6.07, 6.45) is 1.57. The number of nitrogens with zero attached hydrogens (tertiary/aromatic N) is 3. The fraction of sp³-hybridized carbons (Fsp3) is 0.438. The van der Waals surface area contributed by atoms with Crippen LogP contribution >= 0.6 is 28.1 Å². The average Bonchev–Trinajstić information content (AvgIpc) is 2.95. The number of aromatic nitrogens is 2. The second kappa shape index (κ2) is 7.58. The number of hydrogen-bond donors (Lipinski definition) is 0. The Morgan fingerprint density at radius 2 is 2.12 bits per heavy atom. The van der Waals surface area contributed by atoms with E-state index in [1.54, 1.807) is 4.68 Å². The van der Waals surface area contributed by atoms with Gasteiger partial charge in [0, 0.05) is 17.6 Å². The third-order valence-electron chi connectivity index (χ3n) is 4.17. The van der Waals surface area contributed by atoms with Gasteiger partial charge in [-0.25, -0.2) is 4.68 Å². The molecule has 1 aliphatic rings. The van der Waals surface area contributed by atoms with Gasteiger partial charge in [0.25, 0.3) is 4.84 Å². The molecule has 128 valence electrons. The second-order valence-electron chi connectivity index (χ2n) is 5.71. The van der Waals surface area contributed by atoms with E-state index < -0.39 is 0 Å². The molecule has 0 aliphatic carbocycles. The summed E-state index contributed by atoms with van der Waals surface area (Å²) in [7, 11) is 1.44. The first-order valence-corrected chi connectivity index (χ1v) is 8.91. The Morgan fingerprint density at radius 1 is 1.42 bits per heavy atom. The summed E-state index contributed by atoms with van der Waals surface area (Å²) >= 11 is 8.78. The summed E-state index contributed by atoms with van der Waals surface area (Å²) < 4.78 is 13.0. The van der Waals surface area contributed by atoms with Gasteiger partial charge in [0.15, 0.2) is 0 Å². The third-order valence-corrected chi connectivity index (χ3v) is 5.15. The van der Waals surface area contributed by atoms with E-state index in [0.29, 0.717) is 17.4 Å². The highest BCUT2D eigenvalue weighted by Gasteiger charge is 2.26. The van der Waals surface area contributed by atoms with Crippen LogP contribution < -0.4 is 0 Å². The number of hydrogen-bond acceptors (Lipinski definition) is 6. The maximum Gasteiger partial charge on any atom is 0.308 e. The van der Waals surface area contributed by atoms with Crippen molar-refractivity contribution < 1.29 is 13.9 Å². The van der Waals surface area contributed by atoms with E-state index in [1.165, 1.54) is 7.11 Å². The minimum absolute atomic E-state index is 0.00707. The van der Waals surface area contributed by atoms with Crippen molar-refractivity contribution in [3.8, 4) is 11.5 Å². The Balaban J connectivity index is 1.68. The lowest BCUT2D eigenvalue weighted by Gasteiger charge is -2.29. The molecule has 0 unspecified atom stereocenters. The van der Waals surface area contributed by atoms with E-state index in [4.69, 9.17) is 21.4 Å². The van der Waals surface area contributed by atoms with Crippen LogP contribution in [0.4, 0.5) is 0 Å². The molecule has 0 spiro atoms. The van der Waals surface area contributed by atoms with Gasteiger partial charge in [-0.3, -0.25) is 9.69 Å². The molecule has 0 radical (unpaired) electrons. The third kappa shape index (κ3) is 3.76. The van der Waals surface area contributed by atoms with Gasteiger partial charge in [-0.1, -0.05) is 12.1 Å². The summed E-state index contributed by atoms with van der Waals surface area (Å²) in [6.45, 7) is 2.16. The van der Waals surface area contributed by atoms with E-state index in [9.17, 15) is 4.79 Å². The fourth-order valence-corrected chi connectivity index (χ4v) is 3.44. The largest absolute Gasteiger partial charge is 0.469 e. The van der Waals surface area contributed by atoms with Crippen LogP contribution in [0, 0.1) is 10.8 Å². The Kier molecular flexibility index (Phi) is 5.47. The van der Waals surface area contributed by atoms with Crippen LogP contribution in [-0.2, 0) is 16.2 Å². The van der Waals surface area contributed by atoms with Crippen molar-refractivity contribution in [1.29, 1.82) is 0 Å². The zero-order chi connectivity index (χ0) is 17.1. The highest BCUT2D eigenvalue weighted by molar-refractivity contribution is 9.10. The maximum atomic E-state index is 11.6. The van der Waals surface area contributed by atoms with Crippen molar-refractivity contribution in [3.63, 3.8) is 0 Å². The molecule has 0 bridgehead atoms. The molecule has 3 rings (SSSR count). The number of carbonyl (C=O) groups is 1. The molecule has 1 fully saturated rings. The number of likely N-dealkylation sites (tertiary alicyclic amines) is 1. The number of ether oxygens (including phenoxy) is 1. The normalized spacial score (nSPS) is 16.2. The Morgan fingerprint density at radius 3 is 2.79 bits per heavy atom. The topological polar surface area (TPSA) is 60.5 Å². The molecule has 8 heteroatoms. The van der Waals surface area contributed by atoms with Gasteiger partial charge in [0.2, 0.25) is 5.89 Å². The van der Waals surface area contributed by atoms with Gasteiger partial charge in [0.1, 0.15) is 0 Å². The molecule has 0 amide bonds. The van der Waals surface area contributed by atoms with E-state index in [2.05, 4.69) is 25.9 Å². The quantitative estimate of drug-likeness (QED) is 0.566. The molecule has 0 saturated carbocycles. The monoisotopic (exact) mass is 411 g/mol. The van der Waals surface area contributed by atoms with Crippen LogP contribution in [0.15, 0.2) is 33.2 Å².